The first-order chi connectivity index (χ1) is 18.3. The van der Waals surface area contributed by atoms with Crippen LogP contribution in [0.1, 0.15) is 22.4 Å². The standard InChI is InChI=1S/C25H17F11N2O2/c26-17-6-7-19(37-12-17)21(11-14-4-2-1-3-5-14,15-8-16(23(28,29)30)10-18(27)9-15)13-38-20(39)22(40,24(31,32)33)25(34,35)36/h1-10,12,40H,11,13H2,(H,38,39)/t21-/m1/s1. The fraction of sp³-hybridized carbons (Fsp3) is 0.280. The van der Waals surface area contributed by atoms with E-state index in [0.717, 1.165) is 12.1 Å². The molecule has 1 aromatic heterocycles. The molecule has 40 heavy (non-hydrogen) atoms. The predicted octanol–water partition coefficient (Wildman–Crippen LogP) is 5.88. The van der Waals surface area contributed by atoms with Gasteiger partial charge in [0.05, 0.1) is 22.9 Å². The lowest BCUT2D eigenvalue weighted by Crippen LogP contribution is -2.66. The van der Waals surface area contributed by atoms with E-state index in [1.165, 1.54) is 35.6 Å². The van der Waals surface area contributed by atoms with Crippen LogP contribution in [0.5, 0.6) is 0 Å². The van der Waals surface area contributed by atoms with E-state index in [9.17, 15) is 58.2 Å². The van der Waals surface area contributed by atoms with Gasteiger partial charge in [-0.25, -0.2) is 8.78 Å². The van der Waals surface area contributed by atoms with E-state index in [2.05, 4.69) is 4.98 Å². The highest BCUT2D eigenvalue weighted by Gasteiger charge is 2.75. The van der Waals surface area contributed by atoms with Crippen molar-refractivity contribution in [2.75, 3.05) is 6.54 Å². The molecule has 0 saturated heterocycles. The highest BCUT2D eigenvalue weighted by atomic mass is 19.4. The average molecular weight is 586 g/mol. The summed E-state index contributed by atoms with van der Waals surface area (Å²) < 4.78 is 149. The Morgan fingerprint density at radius 2 is 1.35 bits per heavy atom. The third kappa shape index (κ3) is 6.03. The minimum absolute atomic E-state index is 0.0967. The molecular weight excluding hydrogens is 569 g/mol. The van der Waals surface area contributed by atoms with E-state index in [1.807, 2.05) is 0 Å². The summed E-state index contributed by atoms with van der Waals surface area (Å²) in [6.07, 6.45) is -18.3. The monoisotopic (exact) mass is 586 g/mol. The first-order valence-corrected chi connectivity index (χ1v) is 11.0. The van der Waals surface area contributed by atoms with Crippen LogP contribution < -0.4 is 5.32 Å². The molecule has 0 aliphatic carbocycles. The largest absolute Gasteiger partial charge is 0.435 e. The van der Waals surface area contributed by atoms with Crippen molar-refractivity contribution >= 4 is 5.91 Å². The van der Waals surface area contributed by atoms with Crippen LogP contribution in [0.15, 0.2) is 66.9 Å². The van der Waals surface area contributed by atoms with Crippen molar-refractivity contribution < 1.29 is 58.2 Å². The highest BCUT2D eigenvalue weighted by molar-refractivity contribution is 5.87. The van der Waals surface area contributed by atoms with Gasteiger partial charge in [-0.2, -0.15) is 39.5 Å². The van der Waals surface area contributed by atoms with Gasteiger partial charge in [-0.3, -0.25) is 9.78 Å². The van der Waals surface area contributed by atoms with Crippen molar-refractivity contribution in [2.45, 2.75) is 36.0 Å². The predicted molar refractivity (Wildman–Crippen MR) is 117 cm³/mol. The van der Waals surface area contributed by atoms with Gasteiger partial charge in [0.15, 0.2) is 0 Å². The fourth-order valence-electron chi connectivity index (χ4n) is 4.01. The van der Waals surface area contributed by atoms with Crippen LogP contribution in [-0.2, 0) is 22.8 Å². The maximum atomic E-state index is 14.5. The van der Waals surface area contributed by atoms with E-state index in [0.29, 0.717) is 18.3 Å². The number of carbonyl (C=O) groups excluding carboxylic acids is 1. The van der Waals surface area contributed by atoms with E-state index >= 15 is 0 Å². The van der Waals surface area contributed by atoms with Crippen LogP contribution >= 0.6 is 0 Å². The number of aromatic nitrogens is 1. The number of benzene rings is 2. The number of halogens is 11. The zero-order valence-corrected chi connectivity index (χ0v) is 19.7. The second-order valence-corrected chi connectivity index (χ2v) is 8.72. The first-order valence-electron chi connectivity index (χ1n) is 11.0. The number of hydrogen-bond donors (Lipinski definition) is 2. The maximum Gasteiger partial charge on any atom is 0.435 e. The van der Waals surface area contributed by atoms with E-state index < -0.39 is 76.9 Å². The van der Waals surface area contributed by atoms with Crippen LogP contribution in [0.3, 0.4) is 0 Å². The van der Waals surface area contributed by atoms with Crippen molar-refractivity contribution in [3.63, 3.8) is 0 Å². The molecule has 0 saturated carbocycles. The van der Waals surface area contributed by atoms with Gasteiger partial charge in [0.1, 0.15) is 11.6 Å². The molecule has 3 aromatic rings. The number of pyridine rings is 1. The molecule has 15 heteroatoms. The second kappa shape index (κ2) is 10.7. The molecule has 0 bridgehead atoms. The number of aliphatic hydroxyl groups is 1. The van der Waals surface area contributed by atoms with Gasteiger partial charge >= 0.3 is 24.1 Å². The van der Waals surface area contributed by atoms with Gasteiger partial charge in [0.2, 0.25) is 0 Å². The zero-order chi connectivity index (χ0) is 30.1. The Morgan fingerprint density at radius 3 is 1.85 bits per heavy atom. The number of rotatable bonds is 7. The number of nitrogens with zero attached hydrogens (tertiary/aromatic N) is 1. The van der Waals surface area contributed by atoms with Crippen LogP contribution in [0.25, 0.3) is 0 Å². The van der Waals surface area contributed by atoms with Gasteiger partial charge in [-0.05, 0) is 47.9 Å². The number of amides is 1. The summed E-state index contributed by atoms with van der Waals surface area (Å²) in [7, 11) is 0. The van der Waals surface area contributed by atoms with E-state index in [4.69, 9.17) is 0 Å². The van der Waals surface area contributed by atoms with Gasteiger partial charge in [-0.1, -0.05) is 30.3 Å². The lowest BCUT2D eigenvalue weighted by atomic mass is 9.72. The normalized spacial score (nSPS) is 14.5. The second-order valence-electron chi connectivity index (χ2n) is 8.72. The Kier molecular flexibility index (Phi) is 8.21. The zero-order valence-electron chi connectivity index (χ0n) is 19.7. The third-order valence-corrected chi connectivity index (χ3v) is 6.04. The molecule has 216 valence electrons. The summed E-state index contributed by atoms with van der Waals surface area (Å²) in [5.41, 5.74) is -10.7. The summed E-state index contributed by atoms with van der Waals surface area (Å²) in [6.45, 7) is -1.37. The SMILES string of the molecule is O=C(NC[C@](Cc1ccccc1)(c1cc(F)cc(C(F)(F)F)c1)c1ccc(F)cn1)C(O)(C(F)(F)F)C(F)(F)F. The van der Waals surface area contributed by atoms with E-state index in [-0.39, 0.29) is 11.6 Å². The molecule has 0 aliphatic heterocycles. The number of hydrogen-bond acceptors (Lipinski definition) is 3. The highest BCUT2D eigenvalue weighted by Crippen LogP contribution is 2.44. The lowest BCUT2D eigenvalue weighted by Gasteiger charge is -2.37. The van der Waals surface area contributed by atoms with Crippen molar-refractivity contribution in [3.05, 3.63) is 101 Å². The first kappa shape index (κ1) is 30.8. The van der Waals surface area contributed by atoms with Crippen molar-refractivity contribution in [1.82, 2.24) is 10.3 Å². The van der Waals surface area contributed by atoms with Gasteiger partial charge in [0, 0.05) is 6.54 Å². The molecular formula is C25H17F11N2O2. The molecule has 0 fully saturated rings. The minimum Gasteiger partial charge on any atom is -0.366 e. The molecule has 0 radical (unpaired) electrons. The summed E-state index contributed by atoms with van der Waals surface area (Å²) in [5.74, 6) is -5.46. The van der Waals surface area contributed by atoms with Crippen LogP contribution in [0, 0.1) is 11.6 Å². The molecule has 4 nitrogen and oxygen atoms in total. The number of carbonyl (C=O) groups is 1. The molecule has 0 unspecified atom stereocenters. The summed E-state index contributed by atoms with van der Waals surface area (Å²) in [4.78, 5) is 16.1. The summed E-state index contributed by atoms with van der Waals surface area (Å²) >= 11 is 0. The van der Waals surface area contributed by atoms with Gasteiger partial charge in [-0.15, -0.1) is 0 Å². The molecule has 1 heterocycles. The Morgan fingerprint density at radius 1 is 0.775 bits per heavy atom. The van der Waals surface area contributed by atoms with Crippen molar-refractivity contribution in [1.29, 1.82) is 0 Å². The minimum atomic E-state index is -6.56. The molecule has 0 aliphatic rings. The Balaban J connectivity index is 2.29. The fourth-order valence-corrected chi connectivity index (χ4v) is 4.01. The number of alkyl halides is 9. The molecule has 2 N–H and O–H groups in total. The smallest absolute Gasteiger partial charge is 0.366 e. The topological polar surface area (TPSA) is 62.2 Å². The van der Waals surface area contributed by atoms with Gasteiger partial charge in [0.25, 0.3) is 5.91 Å². The number of nitrogens with one attached hydrogen (secondary N) is 1. The molecule has 2 aromatic carbocycles. The van der Waals surface area contributed by atoms with Crippen molar-refractivity contribution in [3.8, 4) is 0 Å². The summed E-state index contributed by atoms with van der Waals surface area (Å²) in [5, 5.41) is 10.8. The van der Waals surface area contributed by atoms with Crippen LogP contribution in [0.2, 0.25) is 0 Å². The Hall–Kier alpha value is -3.75. The average Bonchev–Trinajstić information content (AvgIpc) is 2.84. The van der Waals surface area contributed by atoms with E-state index in [1.54, 1.807) is 0 Å². The molecule has 0 spiro atoms. The Labute approximate surface area is 218 Å². The van der Waals surface area contributed by atoms with Crippen LogP contribution in [-0.4, -0.2) is 40.5 Å². The van der Waals surface area contributed by atoms with Crippen LogP contribution in [0.4, 0.5) is 48.3 Å². The quantitative estimate of drug-likeness (QED) is 0.340. The molecule has 1 atom stereocenters. The Bertz CT molecular complexity index is 1320. The van der Waals surface area contributed by atoms with Gasteiger partial charge < -0.3 is 10.4 Å². The lowest BCUT2D eigenvalue weighted by molar-refractivity contribution is -0.350. The third-order valence-electron chi connectivity index (χ3n) is 6.04. The maximum absolute atomic E-state index is 14.5. The summed E-state index contributed by atoms with van der Waals surface area (Å²) in [6, 6.07) is 9.76. The van der Waals surface area contributed by atoms with Crippen molar-refractivity contribution in [2.24, 2.45) is 0 Å². The molecule has 1 amide bonds. The molecule has 3 rings (SSSR count).